The number of rotatable bonds is 4. The maximum atomic E-state index is 13.0. The van der Waals surface area contributed by atoms with E-state index >= 15 is 0 Å². The van der Waals surface area contributed by atoms with Crippen molar-refractivity contribution in [3.8, 4) is 0 Å². The van der Waals surface area contributed by atoms with Crippen molar-refractivity contribution in [1.29, 1.82) is 0 Å². The van der Waals surface area contributed by atoms with E-state index in [9.17, 15) is 24.6 Å². The van der Waals surface area contributed by atoms with Gasteiger partial charge in [-0.05, 0) is 20.8 Å². The Balaban J connectivity index is 1.63. The van der Waals surface area contributed by atoms with E-state index in [2.05, 4.69) is 0 Å². The van der Waals surface area contributed by atoms with Crippen LogP contribution in [0.15, 0.2) is 0 Å². The predicted molar refractivity (Wildman–Crippen MR) is 104 cm³/mol. The van der Waals surface area contributed by atoms with Crippen LogP contribution in [0.3, 0.4) is 0 Å². The van der Waals surface area contributed by atoms with Gasteiger partial charge in [-0.25, -0.2) is 0 Å². The first-order valence-corrected chi connectivity index (χ1v) is 11.0. The number of carbonyl (C=O) groups is 3. The third-order valence-electron chi connectivity index (χ3n) is 8.75. The largest absolute Gasteiger partial charge is 0.462 e. The van der Waals surface area contributed by atoms with Gasteiger partial charge in [-0.1, -0.05) is 6.92 Å². The van der Waals surface area contributed by atoms with Crippen LogP contribution in [-0.2, 0) is 38.1 Å². The molecule has 2 N–H and O–H groups in total. The molecule has 1 spiro atoms. The highest BCUT2D eigenvalue weighted by Gasteiger charge is 2.93. The van der Waals surface area contributed by atoms with Crippen molar-refractivity contribution < 1.29 is 48.3 Å². The van der Waals surface area contributed by atoms with Gasteiger partial charge in [0.1, 0.15) is 36.1 Å². The van der Waals surface area contributed by atoms with Crippen LogP contribution in [0, 0.1) is 23.2 Å². The Morgan fingerprint density at radius 1 is 1.25 bits per heavy atom. The molecule has 178 valence electrons. The van der Waals surface area contributed by atoms with E-state index in [0.717, 1.165) is 0 Å². The number of hydrogen-bond donors (Lipinski definition) is 2. The quantitative estimate of drug-likeness (QED) is 0.331. The highest BCUT2D eigenvalue weighted by Crippen LogP contribution is 2.75. The SMILES string of the molecule is CO[C@@H]1[C@@H]2OC(=O)[C@@H]([C@@H]2C(C)(C)O)[C@]2(O)[C@H]3O[C@H]3[C@]3(C[C@@H]([C@@H](C)OC(C)=O)C(=O)O3)[C@]12C. The van der Waals surface area contributed by atoms with E-state index < -0.39 is 88.4 Å². The molecular formula is C22H30O10. The second-order valence-electron chi connectivity index (χ2n) is 10.7. The van der Waals surface area contributed by atoms with Gasteiger partial charge in [-0.2, -0.15) is 0 Å². The predicted octanol–water partition coefficient (Wildman–Crippen LogP) is -0.284. The molecule has 32 heavy (non-hydrogen) atoms. The average Bonchev–Trinajstić information content (AvgIpc) is 3.26. The zero-order chi connectivity index (χ0) is 23.6. The summed E-state index contributed by atoms with van der Waals surface area (Å²) in [5.74, 6) is -4.29. The first-order chi connectivity index (χ1) is 14.8. The lowest BCUT2D eigenvalue weighted by molar-refractivity contribution is -0.291. The summed E-state index contributed by atoms with van der Waals surface area (Å²) in [4.78, 5) is 37.5. The highest BCUT2D eigenvalue weighted by atomic mass is 16.7. The summed E-state index contributed by atoms with van der Waals surface area (Å²) >= 11 is 0. The Morgan fingerprint density at radius 3 is 2.47 bits per heavy atom. The minimum absolute atomic E-state index is 0.126. The van der Waals surface area contributed by atoms with Crippen molar-refractivity contribution in [2.45, 2.75) is 88.4 Å². The zero-order valence-electron chi connectivity index (χ0n) is 19.0. The van der Waals surface area contributed by atoms with Gasteiger partial charge in [-0.15, -0.1) is 0 Å². The summed E-state index contributed by atoms with van der Waals surface area (Å²) in [7, 11) is 1.44. The molecule has 3 heterocycles. The molecule has 2 bridgehead atoms. The lowest BCUT2D eigenvalue weighted by Crippen LogP contribution is -2.74. The molecule has 0 aromatic carbocycles. The number of hydrogen-bond acceptors (Lipinski definition) is 10. The smallest absolute Gasteiger partial charge is 0.313 e. The summed E-state index contributed by atoms with van der Waals surface area (Å²) < 4.78 is 28.6. The van der Waals surface area contributed by atoms with Crippen molar-refractivity contribution in [3.05, 3.63) is 0 Å². The first kappa shape index (κ1) is 22.1. The van der Waals surface area contributed by atoms with Crippen LogP contribution in [0.5, 0.6) is 0 Å². The minimum Gasteiger partial charge on any atom is -0.462 e. The Morgan fingerprint density at radius 2 is 1.91 bits per heavy atom. The Kier molecular flexibility index (Phi) is 4.29. The summed E-state index contributed by atoms with van der Waals surface area (Å²) in [6, 6.07) is 0. The molecule has 5 fully saturated rings. The van der Waals surface area contributed by atoms with Crippen molar-refractivity contribution in [1.82, 2.24) is 0 Å². The van der Waals surface area contributed by atoms with Crippen molar-refractivity contribution in [3.63, 3.8) is 0 Å². The van der Waals surface area contributed by atoms with E-state index in [1.165, 1.54) is 14.0 Å². The van der Waals surface area contributed by atoms with Crippen LogP contribution < -0.4 is 0 Å². The molecule has 0 unspecified atom stereocenters. The van der Waals surface area contributed by atoms with Gasteiger partial charge in [0, 0.05) is 26.4 Å². The molecule has 5 aliphatic rings. The standard InChI is InChI=1S/C22H30O10/c1-8(29-9(2)23)10-7-21(32-17(10)24)15-16(31-15)22(27)12-11(19(3,4)26)13(30-18(12)25)14(28-6)20(21,22)5/h8,10-16,26-27H,7H2,1-6H3/t8-,10+,11+,12-,13-,14-,15-,16+,20+,21-,22+/m1/s1. The van der Waals surface area contributed by atoms with Crippen LogP contribution in [0.1, 0.15) is 41.0 Å². The third-order valence-corrected chi connectivity index (χ3v) is 8.75. The molecule has 0 amide bonds. The molecule has 3 saturated heterocycles. The molecule has 11 atom stereocenters. The molecule has 10 heteroatoms. The average molecular weight is 454 g/mol. The highest BCUT2D eigenvalue weighted by molar-refractivity contribution is 5.81. The molecule has 0 aromatic heterocycles. The fourth-order valence-corrected chi connectivity index (χ4v) is 7.43. The number of ether oxygens (including phenoxy) is 5. The van der Waals surface area contributed by atoms with Gasteiger partial charge in [0.25, 0.3) is 0 Å². The van der Waals surface area contributed by atoms with Crippen LogP contribution >= 0.6 is 0 Å². The molecule has 10 nitrogen and oxygen atoms in total. The summed E-state index contributed by atoms with van der Waals surface area (Å²) in [5, 5.41) is 23.2. The van der Waals surface area contributed by atoms with Gasteiger partial charge in [0.2, 0.25) is 0 Å². The molecule has 5 rings (SSSR count). The number of aliphatic hydroxyl groups is 2. The second-order valence-corrected chi connectivity index (χ2v) is 10.7. The third kappa shape index (κ3) is 2.26. The Hall–Kier alpha value is -1.75. The molecule has 0 aromatic rings. The molecule has 3 aliphatic heterocycles. The molecular weight excluding hydrogens is 424 g/mol. The molecule has 2 saturated carbocycles. The van der Waals surface area contributed by atoms with Crippen molar-refractivity contribution >= 4 is 17.9 Å². The summed E-state index contributed by atoms with van der Waals surface area (Å²) in [6.07, 6.45) is -3.78. The van der Waals surface area contributed by atoms with Crippen LogP contribution in [0.4, 0.5) is 0 Å². The second kappa shape index (κ2) is 6.22. The van der Waals surface area contributed by atoms with Gasteiger partial charge in [0.05, 0.1) is 22.9 Å². The molecule has 2 aliphatic carbocycles. The van der Waals surface area contributed by atoms with E-state index in [4.69, 9.17) is 23.7 Å². The van der Waals surface area contributed by atoms with Crippen LogP contribution in [0.2, 0.25) is 0 Å². The topological polar surface area (TPSA) is 141 Å². The maximum Gasteiger partial charge on any atom is 0.313 e. The van der Waals surface area contributed by atoms with Crippen molar-refractivity contribution in [2.75, 3.05) is 7.11 Å². The normalized spacial score (nSPS) is 51.7. The van der Waals surface area contributed by atoms with Gasteiger partial charge in [0.15, 0.2) is 5.60 Å². The van der Waals surface area contributed by atoms with E-state index in [0.29, 0.717) is 0 Å². The van der Waals surface area contributed by atoms with Gasteiger partial charge >= 0.3 is 17.9 Å². The lowest BCUT2D eigenvalue weighted by atomic mass is 9.49. The summed E-state index contributed by atoms with van der Waals surface area (Å²) in [5.41, 5.74) is -5.73. The fraction of sp³-hybridized carbons (Fsp3) is 0.864. The van der Waals surface area contributed by atoms with Gasteiger partial charge < -0.3 is 33.9 Å². The monoisotopic (exact) mass is 454 g/mol. The maximum absolute atomic E-state index is 13.0. The van der Waals surface area contributed by atoms with E-state index in [1.807, 2.05) is 0 Å². The number of fused-ring (bicyclic) bond motifs is 8. The van der Waals surface area contributed by atoms with Gasteiger partial charge in [-0.3, -0.25) is 14.4 Å². The lowest BCUT2D eigenvalue weighted by Gasteiger charge is -2.59. The zero-order valence-corrected chi connectivity index (χ0v) is 19.0. The van der Waals surface area contributed by atoms with Crippen LogP contribution in [-0.4, -0.2) is 82.6 Å². The number of esters is 3. The van der Waals surface area contributed by atoms with Crippen LogP contribution in [0.25, 0.3) is 0 Å². The Bertz CT molecular complexity index is 896. The first-order valence-electron chi connectivity index (χ1n) is 11.0. The van der Waals surface area contributed by atoms with E-state index in [-0.39, 0.29) is 6.42 Å². The van der Waals surface area contributed by atoms with Crippen molar-refractivity contribution in [2.24, 2.45) is 23.2 Å². The number of carbonyl (C=O) groups excluding carboxylic acids is 3. The number of methoxy groups -OCH3 is 1. The fourth-order valence-electron chi connectivity index (χ4n) is 7.43. The Labute approximate surface area is 185 Å². The molecule has 0 radical (unpaired) electrons. The number of epoxide rings is 1. The minimum atomic E-state index is -1.80. The summed E-state index contributed by atoms with van der Waals surface area (Å²) in [6.45, 7) is 7.77. The van der Waals surface area contributed by atoms with E-state index in [1.54, 1.807) is 27.7 Å².